The van der Waals surface area contributed by atoms with Crippen LogP contribution in [0.1, 0.15) is 39.2 Å². The summed E-state index contributed by atoms with van der Waals surface area (Å²) in [6.45, 7) is 6.97. The van der Waals surface area contributed by atoms with Gasteiger partial charge in [-0.25, -0.2) is 4.39 Å². The minimum Gasteiger partial charge on any atom is -0.460 e. The molecular formula is C15H20FNO3. The maximum Gasteiger partial charge on any atom is 0.306 e. The average Bonchev–Trinajstić information content (AvgIpc) is 2.29. The van der Waals surface area contributed by atoms with Crippen molar-refractivity contribution in [3.63, 3.8) is 0 Å². The van der Waals surface area contributed by atoms with E-state index in [1.54, 1.807) is 39.8 Å². The van der Waals surface area contributed by atoms with Gasteiger partial charge in [0.05, 0.1) is 12.1 Å². The molecular weight excluding hydrogens is 261 g/mol. The van der Waals surface area contributed by atoms with Crippen molar-refractivity contribution < 1.29 is 18.7 Å². The number of halogens is 1. The zero-order valence-electron chi connectivity index (χ0n) is 12.2. The summed E-state index contributed by atoms with van der Waals surface area (Å²) in [6.07, 6.45) is -0.0701. The van der Waals surface area contributed by atoms with E-state index < -0.39 is 23.3 Å². The molecule has 0 saturated carbocycles. The topological polar surface area (TPSA) is 55.4 Å². The molecule has 0 aromatic heterocycles. The van der Waals surface area contributed by atoms with Crippen molar-refractivity contribution in [3.8, 4) is 0 Å². The number of amides is 1. The third kappa shape index (κ3) is 5.38. The van der Waals surface area contributed by atoms with Gasteiger partial charge >= 0.3 is 5.97 Å². The van der Waals surface area contributed by atoms with Gasteiger partial charge in [0, 0.05) is 6.42 Å². The standard InChI is InChI=1S/C15H20FNO3/c1-10-6-5-7-11(16)14(10)17-12(18)8-9-13(19)20-15(2,3)4/h5-7H,8-9H2,1-4H3,(H,17,18). The highest BCUT2D eigenvalue weighted by atomic mass is 19.1. The third-order valence-corrected chi connectivity index (χ3v) is 2.46. The van der Waals surface area contributed by atoms with Crippen LogP contribution in [0.4, 0.5) is 10.1 Å². The summed E-state index contributed by atoms with van der Waals surface area (Å²) in [6, 6.07) is 4.55. The van der Waals surface area contributed by atoms with E-state index in [-0.39, 0.29) is 18.5 Å². The van der Waals surface area contributed by atoms with Gasteiger partial charge in [-0.15, -0.1) is 0 Å². The fraction of sp³-hybridized carbons (Fsp3) is 0.467. The largest absolute Gasteiger partial charge is 0.460 e. The van der Waals surface area contributed by atoms with Crippen LogP contribution in [0.3, 0.4) is 0 Å². The van der Waals surface area contributed by atoms with Crippen LogP contribution < -0.4 is 5.32 Å². The molecule has 5 heteroatoms. The predicted molar refractivity (Wildman–Crippen MR) is 74.8 cm³/mol. The molecule has 0 atom stereocenters. The Hall–Kier alpha value is -1.91. The first-order chi connectivity index (χ1) is 9.19. The highest BCUT2D eigenvalue weighted by Crippen LogP contribution is 2.19. The van der Waals surface area contributed by atoms with Gasteiger partial charge in [0.1, 0.15) is 11.4 Å². The predicted octanol–water partition coefficient (Wildman–Crippen LogP) is 3.19. The second kappa shape index (κ2) is 6.50. The van der Waals surface area contributed by atoms with Crippen LogP contribution in [0, 0.1) is 12.7 Å². The van der Waals surface area contributed by atoms with Gasteiger partial charge in [-0.05, 0) is 39.3 Å². The highest BCUT2D eigenvalue weighted by molar-refractivity contribution is 5.93. The molecule has 0 fully saturated rings. The van der Waals surface area contributed by atoms with Gasteiger partial charge in [-0.2, -0.15) is 0 Å². The molecule has 1 amide bonds. The smallest absolute Gasteiger partial charge is 0.306 e. The van der Waals surface area contributed by atoms with E-state index in [1.807, 2.05) is 0 Å². The molecule has 0 spiro atoms. The number of anilines is 1. The number of benzene rings is 1. The van der Waals surface area contributed by atoms with E-state index in [9.17, 15) is 14.0 Å². The Balaban J connectivity index is 2.51. The van der Waals surface area contributed by atoms with E-state index in [1.165, 1.54) is 6.07 Å². The maximum atomic E-state index is 13.5. The minimum atomic E-state index is -0.574. The quantitative estimate of drug-likeness (QED) is 0.862. The Morgan fingerprint density at radius 3 is 2.45 bits per heavy atom. The summed E-state index contributed by atoms with van der Waals surface area (Å²) in [4.78, 5) is 23.2. The van der Waals surface area contributed by atoms with Crippen molar-refractivity contribution in [2.45, 2.75) is 46.1 Å². The Morgan fingerprint density at radius 2 is 1.90 bits per heavy atom. The van der Waals surface area contributed by atoms with Crippen LogP contribution in [-0.2, 0) is 14.3 Å². The van der Waals surface area contributed by atoms with E-state index >= 15 is 0 Å². The summed E-state index contributed by atoms with van der Waals surface area (Å²) in [5.74, 6) is -1.35. The van der Waals surface area contributed by atoms with Gasteiger partial charge < -0.3 is 10.1 Å². The zero-order chi connectivity index (χ0) is 15.3. The highest BCUT2D eigenvalue weighted by Gasteiger charge is 2.17. The van der Waals surface area contributed by atoms with Crippen LogP contribution in [0.15, 0.2) is 18.2 Å². The van der Waals surface area contributed by atoms with Crippen molar-refractivity contribution >= 4 is 17.6 Å². The van der Waals surface area contributed by atoms with Gasteiger partial charge in [0.15, 0.2) is 0 Å². The summed E-state index contributed by atoms with van der Waals surface area (Å²) in [7, 11) is 0. The molecule has 1 N–H and O–H groups in total. The molecule has 1 aromatic carbocycles. The monoisotopic (exact) mass is 281 g/mol. The Bertz CT molecular complexity index is 486. The molecule has 0 saturated heterocycles. The zero-order valence-corrected chi connectivity index (χ0v) is 12.2. The number of hydrogen-bond acceptors (Lipinski definition) is 3. The SMILES string of the molecule is Cc1cccc(F)c1NC(=O)CCC(=O)OC(C)(C)C. The van der Waals surface area contributed by atoms with Gasteiger partial charge in [0.25, 0.3) is 0 Å². The van der Waals surface area contributed by atoms with E-state index in [2.05, 4.69) is 5.32 Å². The first-order valence-corrected chi connectivity index (χ1v) is 6.46. The lowest BCUT2D eigenvalue weighted by Gasteiger charge is -2.19. The molecule has 0 radical (unpaired) electrons. The van der Waals surface area contributed by atoms with Crippen LogP contribution >= 0.6 is 0 Å². The fourth-order valence-corrected chi connectivity index (χ4v) is 1.60. The van der Waals surface area contributed by atoms with Crippen LogP contribution in [0.25, 0.3) is 0 Å². The van der Waals surface area contributed by atoms with Crippen molar-refractivity contribution in [1.29, 1.82) is 0 Å². The van der Waals surface area contributed by atoms with E-state index in [4.69, 9.17) is 4.74 Å². The molecule has 110 valence electrons. The number of rotatable bonds is 4. The average molecular weight is 281 g/mol. The lowest BCUT2D eigenvalue weighted by Crippen LogP contribution is -2.25. The summed E-state index contributed by atoms with van der Waals surface area (Å²) in [5.41, 5.74) is 0.215. The number of hydrogen-bond donors (Lipinski definition) is 1. The molecule has 20 heavy (non-hydrogen) atoms. The Labute approximate surface area is 118 Å². The molecule has 1 aromatic rings. The second-order valence-corrected chi connectivity index (χ2v) is 5.57. The van der Waals surface area contributed by atoms with Crippen molar-refractivity contribution in [2.24, 2.45) is 0 Å². The van der Waals surface area contributed by atoms with Crippen LogP contribution in [0.2, 0.25) is 0 Å². The number of esters is 1. The Morgan fingerprint density at radius 1 is 1.25 bits per heavy atom. The third-order valence-electron chi connectivity index (χ3n) is 2.46. The molecule has 0 aliphatic heterocycles. The summed E-state index contributed by atoms with van der Waals surface area (Å²) >= 11 is 0. The molecule has 0 aliphatic carbocycles. The molecule has 0 aliphatic rings. The van der Waals surface area contributed by atoms with Gasteiger partial charge in [-0.1, -0.05) is 12.1 Å². The van der Waals surface area contributed by atoms with E-state index in [0.29, 0.717) is 5.56 Å². The molecule has 0 bridgehead atoms. The Kier molecular flexibility index (Phi) is 5.25. The van der Waals surface area contributed by atoms with Gasteiger partial charge in [0.2, 0.25) is 5.91 Å². The lowest BCUT2D eigenvalue weighted by molar-refractivity contribution is -0.155. The van der Waals surface area contributed by atoms with Crippen LogP contribution in [-0.4, -0.2) is 17.5 Å². The van der Waals surface area contributed by atoms with Crippen LogP contribution in [0.5, 0.6) is 0 Å². The maximum absolute atomic E-state index is 13.5. The number of carbonyl (C=O) groups excluding carboxylic acids is 2. The minimum absolute atomic E-state index is 0.0311. The number of para-hydroxylation sites is 1. The van der Waals surface area contributed by atoms with Crippen molar-refractivity contribution in [1.82, 2.24) is 0 Å². The summed E-state index contributed by atoms with van der Waals surface area (Å²) < 4.78 is 18.6. The van der Waals surface area contributed by atoms with Crippen molar-refractivity contribution in [2.75, 3.05) is 5.32 Å². The first kappa shape index (κ1) is 16.1. The normalized spacial score (nSPS) is 11.1. The molecule has 1 rings (SSSR count). The molecule has 0 unspecified atom stereocenters. The molecule has 0 heterocycles. The summed E-state index contributed by atoms with van der Waals surface area (Å²) in [5, 5.41) is 2.47. The van der Waals surface area contributed by atoms with Crippen molar-refractivity contribution in [3.05, 3.63) is 29.6 Å². The molecule has 4 nitrogen and oxygen atoms in total. The van der Waals surface area contributed by atoms with E-state index in [0.717, 1.165) is 0 Å². The number of carbonyl (C=O) groups is 2. The first-order valence-electron chi connectivity index (χ1n) is 6.46. The second-order valence-electron chi connectivity index (χ2n) is 5.57. The number of ether oxygens (including phenoxy) is 1. The van der Waals surface area contributed by atoms with Gasteiger partial charge in [-0.3, -0.25) is 9.59 Å². The number of aryl methyl sites for hydroxylation is 1. The lowest BCUT2D eigenvalue weighted by atomic mass is 10.1. The fourth-order valence-electron chi connectivity index (χ4n) is 1.60. The number of nitrogens with one attached hydrogen (secondary N) is 1.